The summed E-state index contributed by atoms with van der Waals surface area (Å²) in [6, 6.07) is 20.3. The Kier molecular flexibility index (Phi) is 9.13. The van der Waals surface area contributed by atoms with E-state index < -0.39 is 5.60 Å². The van der Waals surface area contributed by atoms with Crippen LogP contribution in [0.4, 0.5) is 0 Å². The summed E-state index contributed by atoms with van der Waals surface area (Å²) in [5.41, 5.74) is 5.94. The molecule has 0 fully saturated rings. The molecule has 0 atom stereocenters. The lowest BCUT2D eigenvalue weighted by Crippen LogP contribution is -2.24. The fraction of sp³-hybridized carbons (Fsp3) is 0.314. The third-order valence-electron chi connectivity index (χ3n) is 7.23. The van der Waals surface area contributed by atoms with E-state index in [1.54, 1.807) is 7.11 Å². The minimum absolute atomic E-state index is 0.220. The molecule has 5 rings (SSSR count). The number of aromatic nitrogens is 4. The Bertz CT molecular complexity index is 1820. The Hall–Kier alpha value is -4.92. The van der Waals surface area contributed by atoms with Crippen molar-refractivity contribution in [2.75, 3.05) is 13.7 Å². The largest absolute Gasteiger partial charge is 0.497 e. The van der Waals surface area contributed by atoms with Gasteiger partial charge in [-0.1, -0.05) is 36.4 Å². The summed E-state index contributed by atoms with van der Waals surface area (Å²) in [7, 11) is 1.66. The van der Waals surface area contributed by atoms with Crippen molar-refractivity contribution >= 4 is 17.1 Å². The van der Waals surface area contributed by atoms with Gasteiger partial charge in [-0.05, 0) is 99.0 Å². The first-order valence-electron chi connectivity index (χ1n) is 14.8. The highest BCUT2D eigenvalue weighted by molar-refractivity contribution is 5.77. The highest BCUT2D eigenvalue weighted by Crippen LogP contribution is 2.34. The number of aromatic amines is 2. The van der Waals surface area contributed by atoms with E-state index in [9.17, 15) is 9.59 Å². The number of hydrogen-bond donors (Lipinski definition) is 2. The number of nitrogens with one attached hydrogen (secondary N) is 2. The number of benzene rings is 3. The topological polar surface area (TPSA) is 119 Å². The Balaban J connectivity index is 1.46. The average Bonchev–Trinajstić information content (AvgIpc) is 3.48. The molecule has 2 aromatic heterocycles. The molecule has 0 bridgehead atoms. The lowest BCUT2D eigenvalue weighted by Gasteiger charge is -2.20. The van der Waals surface area contributed by atoms with Gasteiger partial charge in [0.1, 0.15) is 22.9 Å². The Morgan fingerprint density at radius 2 is 1.66 bits per heavy atom. The number of rotatable bonds is 11. The molecule has 0 saturated heterocycles. The quantitative estimate of drug-likeness (QED) is 0.169. The third kappa shape index (κ3) is 7.34. The molecule has 2 heterocycles. The van der Waals surface area contributed by atoms with Gasteiger partial charge in [-0.2, -0.15) is 0 Å². The predicted octanol–water partition coefficient (Wildman–Crippen LogP) is 6.45. The zero-order valence-corrected chi connectivity index (χ0v) is 25.8. The van der Waals surface area contributed by atoms with Gasteiger partial charge in [0.2, 0.25) is 0 Å². The van der Waals surface area contributed by atoms with Gasteiger partial charge in [-0.3, -0.25) is 9.59 Å². The van der Waals surface area contributed by atoms with Crippen molar-refractivity contribution in [3.63, 3.8) is 0 Å². The maximum Gasteiger partial charge on any atom is 0.306 e. The highest BCUT2D eigenvalue weighted by atomic mass is 16.6. The van der Waals surface area contributed by atoms with Gasteiger partial charge in [-0.25, -0.2) is 9.97 Å². The zero-order chi connectivity index (χ0) is 31.3. The molecule has 9 nitrogen and oxygen atoms in total. The normalized spacial score (nSPS) is 11.5. The minimum Gasteiger partial charge on any atom is -0.497 e. The average molecular weight is 595 g/mol. The second kappa shape index (κ2) is 13.2. The second-order valence-electron chi connectivity index (χ2n) is 11.6. The summed E-state index contributed by atoms with van der Waals surface area (Å²) in [5.74, 6) is 1.60. The maximum atomic E-state index is 12.6. The van der Waals surface area contributed by atoms with Crippen LogP contribution in [-0.2, 0) is 28.8 Å². The van der Waals surface area contributed by atoms with Crippen molar-refractivity contribution in [3.05, 3.63) is 94.0 Å². The van der Waals surface area contributed by atoms with Gasteiger partial charge >= 0.3 is 5.97 Å². The fourth-order valence-electron chi connectivity index (χ4n) is 5.13. The van der Waals surface area contributed by atoms with Crippen LogP contribution in [0, 0.1) is 0 Å². The molecular formula is C35H38N4O5. The molecule has 2 N–H and O–H groups in total. The van der Waals surface area contributed by atoms with E-state index in [1.165, 1.54) is 17.5 Å². The maximum absolute atomic E-state index is 12.6. The standard InChI is InChI=1S/C35H38N4O5/c1-6-43-29-20-26(13-17-28(29)32-38-33-31(34(41)39-32)36-21-37-33)25-12-11-23(10-7-22-8-15-27(42-5)16-9-22)24(19-25)14-18-30(40)44-35(2,3)4/h8-9,11-13,15-17,19-21H,6-7,10,14,18H2,1-5H3,(H2,36,37,38,39,41). The molecule has 0 radical (unpaired) electrons. The van der Waals surface area contributed by atoms with Crippen LogP contribution in [0.3, 0.4) is 0 Å². The number of imidazole rings is 1. The molecule has 3 aromatic carbocycles. The summed E-state index contributed by atoms with van der Waals surface area (Å²) >= 11 is 0. The molecule has 0 saturated carbocycles. The van der Waals surface area contributed by atoms with Gasteiger partial charge in [0, 0.05) is 6.42 Å². The molecule has 228 valence electrons. The second-order valence-corrected chi connectivity index (χ2v) is 11.6. The number of nitrogens with zero attached hydrogens (tertiary/aromatic N) is 2. The number of hydrogen-bond acceptors (Lipinski definition) is 7. The first kappa shape index (κ1) is 30.5. The molecule has 0 spiro atoms. The zero-order valence-electron chi connectivity index (χ0n) is 25.8. The van der Waals surface area contributed by atoms with Gasteiger partial charge in [0.05, 0.1) is 25.6 Å². The summed E-state index contributed by atoms with van der Waals surface area (Å²) in [6.45, 7) is 7.99. The van der Waals surface area contributed by atoms with E-state index in [2.05, 4.69) is 50.3 Å². The first-order valence-corrected chi connectivity index (χ1v) is 14.8. The van der Waals surface area contributed by atoms with E-state index in [-0.39, 0.29) is 17.9 Å². The number of fused-ring (bicyclic) bond motifs is 1. The van der Waals surface area contributed by atoms with Crippen molar-refractivity contribution in [3.8, 4) is 34.0 Å². The molecule has 0 amide bonds. The number of carbonyl (C=O) groups is 1. The minimum atomic E-state index is -0.533. The van der Waals surface area contributed by atoms with Crippen LogP contribution in [0.25, 0.3) is 33.7 Å². The van der Waals surface area contributed by atoms with Gasteiger partial charge in [0.15, 0.2) is 11.2 Å². The van der Waals surface area contributed by atoms with Crippen molar-refractivity contribution in [1.82, 2.24) is 19.9 Å². The lowest BCUT2D eigenvalue weighted by molar-refractivity contribution is -0.154. The van der Waals surface area contributed by atoms with Crippen LogP contribution >= 0.6 is 0 Å². The van der Waals surface area contributed by atoms with Gasteiger partial charge < -0.3 is 24.2 Å². The summed E-state index contributed by atoms with van der Waals surface area (Å²) in [4.78, 5) is 39.5. The SMILES string of the molecule is CCOc1cc(-c2ccc(CCc3ccc(OC)cc3)c(CCC(=O)OC(C)(C)C)c2)ccc1-c1nc2nc[nH]c2c(=O)[nH]1. The van der Waals surface area contributed by atoms with E-state index in [0.29, 0.717) is 41.3 Å². The number of H-pyrrole nitrogens is 2. The highest BCUT2D eigenvalue weighted by Gasteiger charge is 2.18. The van der Waals surface area contributed by atoms with Crippen LogP contribution in [0.1, 0.15) is 50.8 Å². The Morgan fingerprint density at radius 3 is 2.39 bits per heavy atom. The summed E-state index contributed by atoms with van der Waals surface area (Å²) in [6.07, 6.45) is 3.98. The molecule has 0 aliphatic rings. The van der Waals surface area contributed by atoms with Crippen LogP contribution < -0.4 is 15.0 Å². The van der Waals surface area contributed by atoms with Crippen LogP contribution in [0.5, 0.6) is 11.5 Å². The summed E-state index contributed by atoms with van der Waals surface area (Å²) in [5, 5.41) is 0. The fourth-order valence-corrected chi connectivity index (χ4v) is 5.13. The summed E-state index contributed by atoms with van der Waals surface area (Å²) < 4.78 is 16.9. The van der Waals surface area contributed by atoms with E-state index in [4.69, 9.17) is 14.2 Å². The molecule has 0 aliphatic carbocycles. The first-order chi connectivity index (χ1) is 21.1. The monoisotopic (exact) mass is 594 g/mol. The number of esters is 1. The van der Waals surface area contributed by atoms with Crippen molar-refractivity contribution in [2.24, 2.45) is 0 Å². The number of methoxy groups -OCH3 is 1. The molecule has 0 unspecified atom stereocenters. The Morgan fingerprint density at radius 1 is 0.909 bits per heavy atom. The molecular weight excluding hydrogens is 556 g/mol. The molecule has 9 heteroatoms. The predicted molar refractivity (Wildman–Crippen MR) is 171 cm³/mol. The van der Waals surface area contributed by atoms with Crippen molar-refractivity contribution in [1.29, 1.82) is 0 Å². The van der Waals surface area contributed by atoms with Crippen molar-refractivity contribution in [2.45, 2.75) is 59.0 Å². The van der Waals surface area contributed by atoms with Crippen molar-refractivity contribution < 1.29 is 19.0 Å². The molecule has 5 aromatic rings. The lowest BCUT2D eigenvalue weighted by atomic mass is 9.92. The van der Waals surface area contributed by atoms with Crippen LogP contribution in [-0.4, -0.2) is 45.2 Å². The van der Waals surface area contributed by atoms with E-state index in [1.807, 2.05) is 58.0 Å². The van der Waals surface area contributed by atoms with Gasteiger partial charge in [0.25, 0.3) is 5.56 Å². The smallest absolute Gasteiger partial charge is 0.306 e. The number of ether oxygens (including phenoxy) is 3. The van der Waals surface area contributed by atoms with Crippen LogP contribution in [0.2, 0.25) is 0 Å². The Labute approximate surface area is 256 Å². The number of carbonyl (C=O) groups excluding carboxylic acids is 1. The number of aryl methyl sites for hydroxylation is 3. The molecule has 44 heavy (non-hydrogen) atoms. The molecule has 0 aliphatic heterocycles. The third-order valence-corrected chi connectivity index (χ3v) is 7.23. The van der Waals surface area contributed by atoms with E-state index in [0.717, 1.165) is 35.3 Å². The van der Waals surface area contributed by atoms with Gasteiger partial charge in [-0.15, -0.1) is 0 Å². The van der Waals surface area contributed by atoms with E-state index >= 15 is 0 Å². The van der Waals surface area contributed by atoms with Crippen LogP contribution in [0.15, 0.2) is 71.8 Å².